The van der Waals surface area contributed by atoms with Crippen molar-refractivity contribution in [1.82, 2.24) is 29.9 Å². The van der Waals surface area contributed by atoms with Crippen LogP contribution in [0, 0.1) is 0 Å². The molecule has 4 aliphatic rings. The van der Waals surface area contributed by atoms with E-state index in [1.165, 1.54) is 0 Å². The number of rotatable bonds is 6. The molecule has 12 bridgehead atoms. The van der Waals surface area contributed by atoms with E-state index in [0.717, 1.165) is 0 Å². The van der Waals surface area contributed by atoms with Crippen molar-refractivity contribution < 1.29 is 0 Å². The van der Waals surface area contributed by atoms with Crippen molar-refractivity contribution in [2.45, 2.75) is 0 Å². The number of H-pyrrole nitrogens is 2. The molecular weight excluding hydrogens is 1300 g/mol. The zero-order valence-electron chi connectivity index (χ0n) is 42.6. The SMILES string of the molecule is Clc1cccc(Cl)c1-c1c2nc(c(-c3c(Cl)cccc3Cl)c3ccc([nH]3)c(-c3c(Cl)cccc3Cl)c3nc(c(-c4c(Cl)cccc4Cl)c4nc(c(-c5c(Cl)cccc5Cl)c5ccc([nH]5)c(-c5c(Cl)cccc5Cl)c5nc1C=C5)C=C4)C=C3)C=C2. The van der Waals surface area contributed by atoms with Crippen molar-refractivity contribution in [2.75, 3.05) is 0 Å². The first-order valence-corrected chi connectivity index (χ1v) is 30.0. The van der Waals surface area contributed by atoms with Gasteiger partial charge in [-0.3, -0.25) is 0 Å². The lowest BCUT2D eigenvalue weighted by molar-refractivity contribution is 1.27. The van der Waals surface area contributed by atoms with Gasteiger partial charge in [0.05, 0.1) is 106 Å². The molecule has 0 radical (unpaired) electrons. The number of benzene rings is 6. The van der Waals surface area contributed by atoms with Crippen LogP contribution in [0.25, 0.3) is 137 Å². The molecule has 0 fully saturated rings. The molecule has 18 heteroatoms. The molecule has 410 valence electrons. The summed E-state index contributed by atoms with van der Waals surface area (Å²) in [6.07, 6.45) is 15.0. The number of aromatic nitrogens is 6. The molecule has 4 aliphatic heterocycles. The summed E-state index contributed by atoms with van der Waals surface area (Å²) in [5.74, 6) is 0. The first-order valence-electron chi connectivity index (χ1n) is 25.5. The predicted molar refractivity (Wildman–Crippen MR) is 360 cm³/mol. The monoisotopic (exact) mass is 1330 g/mol. The molecule has 3 aromatic heterocycles. The molecule has 9 aromatic rings. The Morgan fingerprint density at radius 2 is 0.321 bits per heavy atom. The topological polar surface area (TPSA) is 83.1 Å². The predicted octanol–water partition coefficient (Wildman–Crippen LogP) is 24.5. The first kappa shape index (κ1) is 56.8. The van der Waals surface area contributed by atoms with Gasteiger partial charge >= 0.3 is 0 Å². The molecule has 0 saturated heterocycles. The number of nitrogens with zero attached hydrogens (tertiary/aromatic N) is 4. The van der Waals surface area contributed by atoms with Crippen LogP contribution in [0.3, 0.4) is 0 Å². The summed E-state index contributed by atoms with van der Waals surface area (Å²) < 4.78 is 0. The molecule has 0 saturated carbocycles. The van der Waals surface area contributed by atoms with Crippen LogP contribution >= 0.6 is 139 Å². The van der Waals surface area contributed by atoms with Gasteiger partial charge in [0, 0.05) is 88.8 Å². The van der Waals surface area contributed by atoms with Crippen LogP contribution in [0.2, 0.25) is 60.3 Å². The molecule has 84 heavy (non-hydrogen) atoms. The Bertz CT molecular complexity index is 4180. The Kier molecular flexibility index (Phi) is 15.7. The van der Waals surface area contributed by atoms with Gasteiger partial charge in [0.15, 0.2) is 0 Å². The highest BCUT2D eigenvalue weighted by Crippen LogP contribution is 2.49. The van der Waals surface area contributed by atoms with E-state index in [1.807, 2.05) is 72.9 Å². The molecule has 0 atom stereocenters. The molecule has 0 aliphatic carbocycles. The maximum Gasteiger partial charge on any atom is 0.0739 e. The normalized spacial score (nSPS) is 12.3. The fraction of sp³-hybridized carbons (Fsp3) is 0. The maximum atomic E-state index is 7.18. The standard InChI is InChI=1S/C66H32Cl12N6/c67-31-7-1-8-32(68)55(31)61-43-19-21-45(79-43)62(56-33(69)9-2-10-34(56)70)47-23-25-49(81-47)64(58-37(73)13-4-14-38(58)74)51-27-29-53(83-51)66(60-41(77)17-6-18-42(60)78)54-30-28-52(84-54)65(59-39(75)15-5-16-40(59)76)50-26-24-48(82-50)63(46-22-20-44(61)80-46)57-35(71)11-3-12-36(57)72/h1-30,79,84H. The van der Waals surface area contributed by atoms with E-state index in [9.17, 15) is 0 Å². The van der Waals surface area contributed by atoms with Gasteiger partial charge in [-0.1, -0.05) is 176 Å². The van der Waals surface area contributed by atoms with E-state index >= 15 is 0 Å². The fourth-order valence-corrected chi connectivity index (χ4v) is 14.3. The molecule has 7 heterocycles. The Hall–Kier alpha value is -6.30. The highest BCUT2D eigenvalue weighted by Gasteiger charge is 2.27. The molecule has 0 spiro atoms. The van der Waals surface area contributed by atoms with Gasteiger partial charge in [0.1, 0.15) is 0 Å². The molecule has 2 N–H and O–H groups in total. The Morgan fingerprint density at radius 1 is 0.179 bits per heavy atom. The number of aromatic amines is 2. The summed E-state index contributed by atoms with van der Waals surface area (Å²) in [5.41, 5.74) is 12.4. The van der Waals surface area contributed by atoms with E-state index in [4.69, 9.17) is 159 Å². The lowest BCUT2D eigenvalue weighted by Crippen LogP contribution is -1.93. The number of hydrogen-bond donors (Lipinski definition) is 2. The minimum Gasteiger partial charge on any atom is -0.354 e. The Balaban J connectivity index is 1.27. The first-order chi connectivity index (χ1) is 40.6. The summed E-state index contributed by atoms with van der Waals surface area (Å²) in [5, 5.41) is 4.37. The molecule has 0 unspecified atom stereocenters. The van der Waals surface area contributed by atoms with Crippen LogP contribution in [-0.2, 0) is 0 Å². The number of nitrogens with one attached hydrogen (secondary N) is 2. The van der Waals surface area contributed by atoms with Gasteiger partial charge < -0.3 is 9.97 Å². The van der Waals surface area contributed by atoms with Gasteiger partial charge in [0.25, 0.3) is 0 Å². The van der Waals surface area contributed by atoms with E-state index < -0.39 is 0 Å². The Labute approximate surface area is 540 Å². The summed E-state index contributed by atoms with van der Waals surface area (Å²) in [6, 6.07) is 39.5. The van der Waals surface area contributed by atoms with Crippen molar-refractivity contribution in [3.05, 3.63) is 239 Å². The van der Waals surface area contributed by atoms with Gasteiger partial charge in [0.2, 0.25) is 0 Å². The van der Waals surface area contributed by atoms with Crippen LogP contribution in [0.15, 0.2) is 133 Å². The van der Waals surface area contributed by atoms with Crippen molar-refractivity contribution in [3.8, 4) is 66.8 Å². The molecule has 13 rings (SSSR count). The van der Waals surface area contributed by atoms with Gasteiger partial charge in [-0.25, -0.2) is 19.9 Å². The van der Waals surface area contributed by atoms with Gasteiger partial charge in [-0.05, 0) is 146 Å². The van der Waals surface area contributed by atoms with Crippen molar-refractivity contribution >= 4 is 210 Å². The van der Waals surface area contributed by atoms with E-state index in [0.29, 0.717) is 195 Å². The van der Waals surface area contributed by atoms with Crippen LogP contribution in [0.4, 0.5) is 0 Å². The summed E-state index contributed by atoms with van der Waals surface area (Å²) >= 11 is 86.1. The highest BCUT2D eigenvalue weighted by atomic mass is 35.5. The zero-order chi connectivity index (χ0) is 58.2. The van der Waals surface area contributed by atoms with Crippen LogP contribution < -0.4 is 0 Å². The summed E-state index contributed by atoms with van der Waals surface area (Å²) in [4.78, 5) is 28.9. The quantitative estimate of drug-likeness (QED) is 0.174. The number of halogens is 12. The highest BCUT2D eigenvalue weighted by molar-refractivity contribution is 6.43. The lowest BCUT2D eigenvalue weighted by atomic mass is 10.0. The molecule has 6 aromatic carbocycles. The second-order valence-corrected chi connectivity index (χ2v) is 24.2. The fourth-order valence-electron chi connectivity index (χ4n) is 10.7. The van der Waals surface area contributed by atoms with Crippen LogP contribution in [0.1, 0.15) is 45.6 Å². The summed E-state index contributed by atoms with van der Waals surface area (Å²) in [6.45, 7) is 0. The largest absolute Gasteiger partial charge is 0.354 e. The third kappa shape index (κ3) is 10.2. The lowest BCUT2D eigenvalue weighted by Gasteiger charge is -2.11. The van der Waals surface area contributed by atoms with E-state index in [-0.39, 0.29) is 0 Å². The third-order valence-electron chi connectivity index (χ3n) is 14.3. The van der Waals surface area contributed by atoms with Crippen molar-refractivity contribution in [3.63, 3.8) is 0 Å². The summed E-state index contributed by atoms with van der Waals surface area (Å²) in [7, 11) is 0. The molecular formula is C66H32Cl12N6. The average Bonchev–Trinajstić information content (AvgIpc) is 3.24. The van der Waals surface area contributed by atoms with Crippen molar-refractivity contribution in [2.24, 2.45) is 0 Å². The van der Waals surface area contributed by atoms with Gasteiger partial charge in [-0.2, -0.15) is 0 Å². The zero-order valence-corrected chi connectivity index (χ0v) is 51.7. The van der Waals surface area contributed by atoms with E-state index in [2.05, 4.69) is 9.97 Å². The van der Waals surface area contributed by atoms with Crippen LogP contribution in [0.5, 0.6) is 0 Å². The second-order valence-electron chi connectivity index (χ2n) is 19.3. The molecule has 6 nitrogen and oxygen atoms in total. The maximum absolute atomic E-state index is 7.18. The molecule has 0 amide bonds. The minimum absolute atomic E-state index is 0.357. The average molecular weight is 1330 g/mol. The minimum atomic E-state index is 0.357. The van der Waals surface area contributed by atoms with Crippen molar-refractivity contribution in [1.29, 1.82) is 0 Å². The Morgan fingerprint density at radius 3 is 0.488 bits per heavy atom. The van der Waals surface area contributed by atoms with E-state index in [1.54, 1.807) is 109 Å². The van der Waals surface area contributed by atoms with Crippen LogP contribution in [-0.4, -0.2) is 29.9 Å². The smallest absolute Gasteiger partial charge is 0.0739 e. The third-order valence-corrected chi connectivity index (χ3v) is 18.1. The number of fused-ring (bicyclic) bond motifs is 12. The van der Waals surface area contributed by atoms with Gasteiger partial charge in [-0.15, -0.1) is 0 Å². The number of hydrogen-bond acceptors (Lipinski definition) is 4. The second kappa shape index (κ2) is 23.2.